The van der Waals surface area contributed by atoms with Crippen LogP contribution in [0.1, 0.15) is 18.9 Å². The van der Waals surface area contributed by atoms with E-state index in [1.54, 1.807) is 0 Å². The first kappa shape index (κ1) is 12.4. The van der Waals surface area contributed by atoms with Gasteiger partial charge in [-0.1, -0.05) is 25.1 Å². The lowest BCUT2D eigenvalue weighted by Crippen LogP contribution is -2.37. The molecule has 1 aliphatic rings. The number of nitrogens with zero attached hydrogens (tertiary/aromatic N) is 1. The van der Waals surface area contributed by atoms with E-state index in [0.717, 1.165) is 12.2 Å². The van der Waals surface area contributed by atoms with Crippen LogP contribution < -0.4 is 10.1 Å². The predicted molar refractivity (Wildman–Crippen MR) is 67.0 cm³/mol. The smallest absolute Gasteiger partial charge is 0.237 e. The standard InChI is InChI=1S/C14H16N2O2/c1-2-10(8-15)14(17)16-9-12-7-11-5-3-4-6-13(11)18-12/h3-6,10,12H,2,7,9H2,1H3,(H,16,17). The minimum atomic E-state index is -0.561. The van der Waals surface area contributed by atoms with Crippen molar-refractivity contribution in [2.24, 2.45) is 5.92 Å². The van der Waals surface area contributed by atoms with Gasteiger partial charge in [-0.25, -0.2) is 0 Å². The van der Waals surface area contributed by atoms with Crippen LogP contribution in [0.4, 0.5) is 0 Å². The minimum absolute atomic E-state index is 0.0254. The third-order valence-corrected chi connectivity index (χ3v) is 3.10. The maximum Gasteiger partial charge on any atom is 0.237 e. The van der Waals surface area contributed by atoms with Crippen molar-refractivity contribution in [1.82, 2.24) is 5.32 Å². The van der Waals surface area contributed by atoms with Gasteiger partial charge in [0.2, 0.25) is 5.91 Å². The van der Waals surface area contributed by atoms with E-state index < -0.39 is 5.92 Å². The minimum Gasteiger partial charge on any atom is -0.488 e. The molecule has 0 aromatic heterocycles. The fourth-order valence-corrected chi connectivity index (χ4v) is 2.04. The van der Waals surface area contributed by atoms with Gasteiger partial charge in [0.1, 0.15) is 17.8 Å². The van der Waals surface area contributed by atoms with E-state index in [1.165, 1.54) is 5.56 Å². The summed E-state index contributed by atoms with van der Waals surface area (Å²) in [5.41, 5.74) is 1.17. The fraction of sp³-hybridized carbons (Fsp3) is 0.429. The highest BCUT2D eigenvalue weighted by molar-refractivity contribution is 5.80. The summed E-state index contributed by atoms with van der Waals surface area (Å²) in [6, 6.07) is 9.86. The van der Waals surface area contributed by atoms with Crippen LogP contribution in [0.3, 0.4) is 0 Å². The molecule has 0 fully saturated rings. The Bertz CT molecular complexity index is 454. The molecule has 0 radical (unpaired) electrons. The SMILES string of the molecule is CCC(C#N)C(=O)NCC1Cc2ccccc2O1. The number of amides is 1. The van der Waals surface area contributed by atoms with Crippen LogP contribution in [0, 0.1) is 17.2 Å². The van der Waals surface area contributed by atoms with Gasteiger partial charge in [-0.2, -0.15) is 5.26 Å². The van der Waals surface area contributed by atoms with Gasteiger partial charge in [0.05, 0.1) is 12.6 Å². The van der Waals surface area contributed by atoms with Crippen molar-refractivity contribution in [2.75, 3.05) is 6.54 Å². The molecule has 1 aliphatic heterocycles. The van der Waals surface area contributed by atoms with Gasteiger partial charge < -0.3 is 10.1 Å². The number of hydrogen-bond donors (Lipinski definition) is 1. The Morgan fingerprint density at radius 1 is 1.61 bits per heavy atom. The highest BCUT2D eigenvalue weighted by Gasteiger charge is 2.24. The Balaban J connectivity index is 1.84. The molecule has 1 N–H and O–H groups in total. The maximum absolute atomic E-state index is 11.6. The van der Waals surface area contributed by atoms with E-state index in [9.17, 15) is 4.79 Å². The first-order valence-electron chi connectivity index (χ1n) is 6.16. The third kappa shape index (κ3) is 2.62. The second-order valence-electron chi connectivity index (χ2n) is 4.39. The van der Waals surface area contributed by atoms with Crippen molar-refractivity contribution in [3.8, 4) is 11.8 Å². The topological polar surface area (TPSA) is 62.1 Å². The first-order chi connectivity index (χ1) is 8.74. The van der Waals surface area contributed by atoms with Gasteiger partial charge in [-0.15, -0.1) is 0 Å². The van der Waals surface area contributed by atoms with Gasteiger partial charge in [0.15, 0.2) is 0 Å². The van der Waals surface area contributed by atoms with Crippen LogP contribution in [0.2, 0.25) is 0 Å². The second-order valence-corrected chi connectivity index (χ2v) is 4.39. The zero-order valence-corrected chi connectivity index (χ0v) is 10.3. The molecule has 94 valence electrons. The zero-order valence-electron chi connectivity index (χ0n) is 10.3. The largest absolute Gasteiger partial charge is 0.488 e. The van der Waals surface area contributed by atoms with Crippen LogP contribution in [0.15, 0.2) is 24.3 Å². The highest BCUT2D eigenvalue weighted by atomic mass is 16.5. The zero-order chi connectivity index (χ0) is 13.0. The van der Waals surface area contributed by atoms with Crippen molar-refractivity contribution in [1.29, 1.82) is 5.26 Å². The number of rotatable bonds is 4. The second kappa shape index (κ2) is 5.54. The molecule has 4 nitrogen and oxygen atoms in total. The lowest BCUT2D eigenvalue weighted by atomic mass is 10.1. The summed E-state index contributed by atoms with van der Waals surface area (Å²) in [7, 11) is 0. The van der Waals surface area contributed by atoms with Crippen LogP contribution in [-0.4, -0.2) is 18.6 Å². The molecule has 0 saturated carbocycles. The van der Waals surface area contributed by atoms with Crippen LogP contribution >= 0.6 is 0 Å². The molecule has 1 aromatic rings. The van der Waals surface area contributed by atoms with E-state index in [-0.39, 0.29) is 12.0 Å². The molecule has 1 amide bonds. The normalized spacial score (nSPS) is 18.3. The van der Waals surface area contributed by atoms with E-state index in [4.69, 9.17) is 10.00 Å². The number of nitriles is 1. The molecule has 2 rings (SSSR count). The van der Waals surface area contributed by atoms with Crippen molar-refractivity contribution in [3.05, 3.63) is 29.8 Å². The van der Waals surface area contributed by atoms with Gasteiger partial charge in [0.25, 0.3) is 0 Å². The highest BCUT2D eigenvalue weighted by Crippen LogP contribution is 2.27. The van der Waals surface area contributed by atoms with E-state index in [2.05, 4.69) is 5.32 Å². The summed E-state index contributed by atoms with van der Waals surface area (Å²) < 4.78 is 5.71. The lowest BCUT2D eigenvalue weighted by Gasteiger charge is -2.13. The Kier molecular flexibility index (Phi) is 3.83. The number of nitrogens with one attached hydrogen (secondary N) is 1. The lowest BCUT2D eigenvalue weighted by molar-refractivity contribution is -0.123. The molecule has 2 unspecified atom stereocenters. The fourth-order valence-electron chi connectivity index (χ4n) is 2.04. The first-order valence-corrected chi connectivity index (χ1v) is 6.16. The van der Waals surface area contributed by atoms with Gasteiger partial charge in [-0.05, 0) is 18.1 Å². The summed E-state index contributed by atoms with van der Waals surface area (Å²) in [6.07, 6.45) is 1.32. The Morgan fingerprint density at radius 2 is 2.39 bits per heavy atom. The predicted octanol–water partition coefficient (Wildman–Crippen LogP) is 1.66. The quantitative estimate of drug-likeness (QED) is 0.876. The molecule has 1 aromatic carbocycles. The summed E-state index contributed by atoms with van der Waals surface area (Å²) in [5, 5.41) is 11.6. The summed E-state index contributed by atoms with van der Waals surface area (Å²) >= 11 is 0. The van der Waals surface area contributed by atoms with Crippen molar-refractivity contribution in [3.63, 3.8) is 0 Å². The van der Waals surface area contributed by atoms with Crippen molar-refractivity contribution in [2.45, 2.75) is 25.9 Å². The van der Waals surface area contributed by atoms with Crippen molar-refractivity contribution < 1.29 is 9.53 Å². The van der Waals surface area contributed by atoms with Gasteiger partial charge in [0, 0.05) is 6.42 Å². The van der Waals surface area contributed by atoms with E-state index in [1.807, 2.05) is 37.3 Å². The number of carbonyl (C=O) groups excluding carboxylic acids is 1. The number of ether oxygens (including phenoxy) is 1. The number of benzene rings is 1. The summed E-state index contributed by atoms with van der Waals surface area (Å²) in [4.78, 5) is 11.6. The molecule has 0 saturated heterocycles. The molecule has 0 spiro atoms. The Hall–Kier alpha value is -2.02. The Morgan fingerprint density at radius 3 is 3.06 bits per heavy atom. The molecule has 4 heteroatoms. The summed E-state index contributed by atoms with van der Waals surface area (Å²) in [6.45, 7) is 2.28. The molecular formula is C14H16N2O2. The summed E-state index contributed by atoms with van der Waals surface area (Å²) in [5.74, 6) is 0.123. The van der Waals surface area contributed by atoms with Gasteiger partial charge >= 0.3 is 0 Å². The molecule has 2 atom stereocenters. The monoisotopic (exact) mass is 244 g/mol. The third-order valence-electron chi connectivity index (χ3n) is 3.10. The number of fused-ring (bicyclic) bond motifs is 1. The van der Waals surface area contributed by atoms with E-state index in [0.29, 0.717) is 13.0 Å². The van der Waals surface area contributed by atoms with E-state index >= 15 is 0 Å². The number of carbonyl (C=O) groups is 1. The maximum atomic E-state index is 11.6. The molecule has 1 heterocycles. The van der Waals surface area contributed by atoms with Crippen LogP contribution in [0.25, 0.3) is 0 Å². The van der Waals surface area contributed by atoms with Gasteiger partial charge in [-0.3, -0.25) is 4.79 Å². The molecular weight excluding hydrogens is 228 g/mol. The molecule has 18 heavy (non-hydrogen) atoms. The number of para-hydroxylation sites is 1. The Labute approximate surface area is 107 Å². The number of hydrogen-bond acceptors (Lipinski definition) is 3. The van der Waals surface area contributed by atoms with Crippen LogP contribution in [0.5, 0.6) is 5.75 Å². The molecule has 0 bridgehead atoms. The average Bonchev–Trinajstić information content (AvgIpc) is 2.80. The van der Waals surface area contributed by atoms with Crippen LogP contribution in [-0.2, 0) is 11.2 Å². The molecule has 0 aliphatic carbocycles. The van der Waals surface area contributed by atoms with Crippen molar-refractivity contribution >= 4 is 5.91 Å². The average molecular weight is 244 g/mol.